The molecule has 0 unspecified atom stereocenters. The standard InChI is InChI=1S/C20H18O2/c1-19(2)13-5-7-21-17(13)11-10-16-12(9-15(11)19)18-14(6-8-22-18)20(16,3)4/h5-10H,1-4H3. The number of furan rings is 2. The summed E-state index contributed by atoms with van der Waals surface area (Å²) in [6.07, 6.45) is 3.61. The van der Waals surface area contributed by atoms with Crippen molar-refractivity contribution >= 4 is 0 Å². The minimum Gasteiger partial charge on any atom is -0.464 e. The highest BCUT2D eigenvalue weighted by atomic mass is 16.3. The highest BCUT2D eigenvalue weighted by Gasteiger charge is 2.43. The maximum Gasteiger partial charge on any atom is 0.138 e. The lowest BCUT2D eigenvalue weighted by Gasteiger charge is -2.23. The second-order valence-electron chi connectivity index (χ2n) is 7.52. The summed E-state index contributed by atoms with van der Waals surface area (Å²) in [5.74, 6) is 2.06. The monoisotopic (exact) mass is 290 g/mol. The van der Waals surface area contributed by atoms with E-state index in [9.17, 15) is 0 Å². The Morgan fingerprint density at radius 3 is 1.45 bits per heavy atom. The van der Waals surface area contributed by atoms with Gasteiger partial charge < -0.3 is 8.83 Å². The van der Waals surface area contributed by atoms with E-state index in [0.29, 0.717) is 0 Å². The van der Waals surface area contributed by atoms with Crippen molar-refractivity contribution in [3.8, 4) is 22.6 Å². The first kappa shape index (κ1) is 12.3. The molecule has 2 heteroatoms. The topological polar surface area (TPSA) is 26.3 Å². The number of fused-ring (bicyclic) bond motifs is 6. The smallest absolute Gasteiger partial charge is 0.138 e. The molecular weight excluding hydrogens is 272 g/mol. The van der Waals surface area contributed by atoms with Crippen molar-refractivity contribution in [1.82, 2.24) is 0 Å². The zero-order valence-electron chi connectivity index (χ0n) is 13.3. The van der Waals surface area contributed by atoms with E-state index in [1.54, 1.807) is 12.5 Å². The summed E-state index contributed by atoms with van der Waals surface area (Å²) in [4.78, 5) is 0. The minimum absolute atomic E-state index is 0.0216. The SMILES string of the molecule is CC1(C)c2cc3c(cc2-c2occc21)C(C)(C)c1ccoc1-3. The molecule has 0 radical (unpaired) electrons. The van der Waals surface area contributed by atoms with E-state index < -0.39 is 0 Å². The van der Waals surface area contributed by atoms with Gasteiger partial charge in [0.1, 0.15) is 11.5 Å². The van der Waals surface area contributed by atoms with Crippen molar-refractivity contribution in [1.29, 1.82) is 0 Å². The normalized spacial score (nSPS) is 18.7. The molecule has 22 heavy (non-hydrogen) atoms. The van der Waals surface area contributed by atoms with Gasteiger partial charge in [-0.25, -0.2) is 0 Å². The highest BCUT2D eigenvalue weighted by Crippen LogP contribution is 2.56. The van der Waals surface area contributed by atoms with Gasteiger partial charge in [0, 0.05) is 33.1 Å². The molecule has 3 aromatic rings. The molecule has 0 atom stereocenters. The first-order chi connectivity index (χ1) is 10.4. The molecule has 2 aromatic heterocycles. The van der Waals surface area contributed by atoms with Gasteiger partial charge >= 0.3 is 0 Å². The van der Waals surface area contributed by atoms with E-state index in [2.05, 4.69) is 52.0 Å². The van der Waals surface area contributed by atoms with Crippen LogP contribution < -0.4 is 0 Å². The van der Waals surface area contributed by atoms with Crippen LogP contribution in [0.4, 0.5) is 0 Å². The predicted molar refractivity (Wildman–Crippen MR) is 86.1 cm³/mol. The van der Waals surface area contributed by atoms with Gasteiger partial charge in [0.25, 0.3) is 0 Å². The van der Waals surface area contributed by atoms with Gasteiger partial charge in [-0.2, -0.15) is 0 Å². The second-order valence-corrected chi connectivity index (χ2v) is 7.52. The molecule has 2 nitrogen and oxygen atoms in total. The Morgan fingerprint density at radius 2 is 1.05 bits per heavy atom. The van der Waals surface area contributed by atoms with Crippen molar-refractivity contribution in [2.24, 2.45) is 0 Å². The Kier molecular flexibility index (Phi) is 1.91. The maximum atomic E-state index is 5.80. The molecule has 110 valence electrons. The number of benzene rings is 1. The molecule has 2 aliphatic carbocycles. The van der Waals surface area contributed by atoms with Gasteiger partial charge in [0.05, 0.1) is 12.5 Å². The molecular formula is C20H18O2. The van der Waals surface area contributed by atoms with Crippen molar-refractivity contribution in [3.63, 3.8) is 0 Å². The molecule has 0 bridgehead atoms. The van der Waals surface area contributed by atoms with Crippen molar-refractivity contribution in [2.45, 2.75) is 38.5 Å². The Morgan fingerprint density at radius 1 is 0.636 bits per heavy atom. The van der Waals surface area contributed by atoms with E-state index in [1.807, 2.05) is 0 Å². The van der Waals surface area contributed by atoms with Crippen LogP contribution in [0.25, 0.3) is 22.6 Å². The third-order valence-electron chi connectivity index (χ3n) is 5.67. The number of rotatable bonds is 0. The van der Waals surface area contributed by atoms with E-state index in [0.717, 1.165) is 11.5 Å². The number of hydrogen-bond donors (Lipinski definition) is 0. The van der Waals surface area contributed by atoms with Crippen molar-refractivity contribution < 1.29 is 8.83 Å². The average molecular weight is 290 g/mol. The summed E-state index contributed by atoms with van der Waals surface area (Å²) in [5.41, 5.74) is 7.66. The summed E-state index contributed by atoms with van der Waals surface area (Å²) in [5, 5.41) is 0. The largest absolute Gasteiger partial charge is 0.464 e. The fourth-order valence-corrected chi connectivity index (χ4v) is 4.32. The van der Waals surface area contributed by atoms with Crippen LogP contribution in [0.5, 0.6) is 0 Å². The van der Waals surface area contributed by atoms with Gasteiger partial charge in [0.15, 0.2) is 0 Å². The summed E-state index contributed by atoms with van der Waals surface area (Å²) in [6.45, 7) is 9.07. The molecule has 5 rings (SSSR count). The fraction of sp³-hybridized carbons (Fsp3) is 0.300. The van der Waals surface area contributed by atoms with E-state index in [-0.39, 0.29) is 10.8 Å². The zero-order chi connectivity index (χ0) is 15.3. The van der Waals surface area contributed by atoms with E-state index >= 15 is 0 Å². The maximum absolute atomic E-state index is 5.80. The molecule has 2 aliphatic rings. The summed E-state index contributed by atoms with van der Waals surface area (Å²) in [7, 11) is 0. The van der Waals surface area contributed by atoms with Crippen LogP contribution in [-0.2, 0) is 10.8 Å². The van der Waals surface area contributed by atoms with Crippen molar-refractivity contribution in [3.05, 3.63) is 59.0 Å². The van der Waals surface area contributed by atoms with Crippen LogP contribution in [0.2, 0.25) is 0 Å². The van der Waals surface area contributed by atoms with E-state index in [1.165, 1.54) is 33.4 Å². The Labute approximate surface area is 129 Å². The first-order valence-corrected chi connectivity index (χ1v) is 7.78. The summed E-state index contributed by atoms with van der Waals surface area (Å²) in [6, 6.07) is 8.84. The predicted octanol–water partition coefficient (Wildman–Crippen LogP) is 5.49. The van der Waals surface area contributed by atoms with Gasteiger partial charge in [0.2, 0.25) is 0 Å². The quantitative estimate of drug-likeness (QED) is 0.547. The summed E-state index contributed by atoms with van der Waals surface area (Å²) < 4.78 is 11.6. The van der Waals surface area contributed by atoms with Crippen LogP contribution in [0.3, 0.4) is 0 Å². The molecule has 0 spiro atoms. The van der Waals surface area contributed by atoms with Crippen LogP contribution in [0.15, 0.2) is 45.6 Å². The Balaban J connectivity index is 1.89. The Bertz CT molecular complexity index is 857. The molecule has 0 N–H and O–H groups in total. The molecule has 2 heterocycles. The minimum atomic E-state index is -0.0216. The molecule has 0 aliphatic heterocycles. The third kappa shape index (κ3) is 1.16. The van der Waals surface area contributed by atoms with Crippen molar-refractivity contribution in [2.75, 3.05) is 0 Å². The van der Waals surface area contributed by atoms with Gasteiger partial charge in [-0.1, -0.05) is 27.7 Å². The van der Waals surface area contributed by atoms with Crippen LogP contribution in [0, 0.1) is 0 Å². The average Bonchev–Trinajstić information content (AvgIpc) is 3.19. The lowest BCUT2D eigenvalue weighted by atomic mass is 9.79. The van der Waals surface area contributed by atoms with Gasteiger partial charge in [-0.3, -0.25) is 0 Å². The number of hydrogen-bond acceptors (Lipinski definition) is 2. The van der Waals surface area contributed by atoms with Crippen LogP contribution in [0.1, 0.15) is 49.9 Å². The van der Waals surface area contributed by atoms with Crippen LogP contribution >= 0.6 is 0 Å². The molecule has 0 saturated heterocycles. The molecule has 1 aromatic carbocycles. The highest BCUT2D eigenvalue weighted by molar-refractivity contribution is 5.86. The summed E-state index contributed by atoms with van der Waals surface area (Å²) >= 11 is 0. The lowest BCUT2D eigenvalue weighted by molar-refractivity contribution is 0.578. The molecule has 0 saturated carbocycles. The molecule has 0 fully saturated rings. The van der Waals surface area contributed by atoms with Gasteiger partial charge in [-0.15, -0.1) is 0 Å². The lowest BCUT2D eigenvalue weighted by Crippen LogP contribution is -2.16. The zero-order valence-corrected chi connectivity index (χ0v) is 13.3. The first-order valence-electron chi connectivity index (χ1n) is 7.78. The Hall–Kier alpha value is -2.22. The van der Waals surface area contributed by atoms with Crippen LogP contribution in [-0.4, -0.2) is 0 Å². The second kappa shape index (κ2) is 3.40. The van der Waals surface area contributed by atoms with E-state index in [4.69, 9.17) is 8.83 Å². The molecule has 0 amide bonds. The third-order valence-corrected chi connectivity index (χ3v) is 5.67. The van der Waals surface area contributed by atoms with Gasteiger partial charge in [-0.05, 0) is 35.4 Å². The fourth-order valence-electron chi connectivity index (χ4n) is 4.32.